The van der Waals surface area contributed by atoms with Gasteiger partial charge in [-0.25, -0.2) is 0 Å². The molecule has 0 atom stereocenters. The quantitative estimate of drug-likeness (QED) is 0.634. The predicted octanol–water partition coefficient (Wildman–Crippen LogP) is 1.11. The second-order valence-corrected chi connectivity index (χ2v) is 2.66. The molecule has 1 heterocycles. The fourth-order valence-corrected chi connectivity index (χ4v) is 1.25. The van der Waals surface area contributed by atoms with Gasteiger partial charge in [0.25, 0.3) is 0 Å². The number of aliphatic hydroxyl groups excluding tert-OH is 1. The maximum atomic E-state index is 8.82. The Morgan fingerprint density at radius 1 is 1.45 bits per heavy atom. The van der Waals surface area contributed by atoms with E-state index in [2.05, 4.69) is 4.99 Å². The van der Waals surface area contributed by atoms with Crippen LogP contribution < -0.4 is 0 Å². The summed E-state index contributed by atoms with van der Waals surface area (Å²) in [6, 6.07) is 5.94. The molecule has 2 rings (SSSR count). The van der Waals surface area contributed by atoms with Gasteiger partial charge in [-0.05, 0) is 22.8 Å². The summed E-state index contributed by atoms with van der Waals surface area (Å²) < 4.78 is 0. The molecule has 0 saturated heterocycles. The highest BCUT2D eigenvalue weighted by Crippen LogP contribution is 2.15. The van der Waals surface area contributed by atoms with Gasteiger partial charge in [0.15, 0.2) is 0 Å². The second-order valence-electron chi connectivity index (χ2n) is 2.66. The Kier molecular flexibility index (Phi) is 1.47. The van der Waals surface area contributed by atoms with Crippen LogP contribution >= 0.6 is 0 Å². The molecule has 1 aliphatic rings. The number of hydrogen-bond acceptors (Lipinski definition) is 2. The molecule has 2 nitrogen and oxygen atoms in total. The van der Waals surface area contributed by atoms with Gasteiger partial charge in [0.05, 0.1) is 13.2 Å². The molecule has 56 valence electrons. The van der Waals surface area contributed by atoms with Gasteiger partial charge in [-0.2, -0.15) is 0 Å². The third kappa shape index (κ3) is 1.05. The van der Waals surface area contributed by atoms with E-state index in [-0.39, 0.29) is 6.61 Å². The van der Waals surface area contributed by atoms with E-state index in [4.69, 9.17) is 5.11 Å². The molecule has 0 unspecified atom stereocenters. The largest absolute Gasteiger partial charge is 0.392 e. The lowest BCUT2D eigenvalue weighted by atomic mass is 10.1. The van der Waals surface area contributed by atoms with Crippen molar-refractivity contribution in [1.82, 2.24) is 0 Å². The molecule has 0 fully saturated rings. The van der Waals surface area contributed by atoms with Gasteiger partial charge in [0, 0.05) is 6.21 Å². The number of nitrogens with zero attached hydrogens (tertiary/aromatic N) is 1. The topological polar surface area (TPSA) is 32.6 Å². The number of fused-ring (bicyclic) bond motifs is 1. The first kappa shape index (κ1) is 6.55. The van der Waals surface area contributed by atoms with Crippen molar-refractivity contribution in [1.29, 1.82) is 0 Å². The smallest absolute Gasteiger partial charge is 0.0682 e. The zero-order valence-electron chi connectivity index (χ0n) is 6.12. The van der Waals surface area contributed by atoms with Crippen LogP contribution in [0.5, 0.6) is 0 Å². The van der Waals surface area contributed by atoms with Crippen LogP contribution in [0.3, 0.4) is 0 Å². The van der Waals surface area contributed by atoms with E-state index < -0.39 is 0 Å². The highest BCUT2D eigenvalue weighted by Gasteiger charge is 2.05. The molecule has 1 aromatic rings. The van der Waals surface area contributed by atoms with Crippen molar-refractivity contribution in [2.45, 2.75) is 13.2 Å². The number of rotatable bonds is 1. The van der Waals surface area contributed by atoms with E-state index in [9.17, 15) is 0 Å². The lowest BCUT2D eigenvalue weighted by molar-refractivity contribution is 0.282. The highest BCUT2D eigenvalue weighted by molar-refractivity contribution is 5.84. The molecule has 1 aromatic carbocycles. The summed E-state index contributed by atoms with van der Waals surface area (Å²) >= 11 is 0. The molecule has 0 aliphatic carbocycles. The molecular weight excluding hydrogens is 138 g/mol. The molecule has 0 radical (unpaired) electrons. The second kappa shape index (κ2) is 2.47. The molecule has 1 N–H and O–H groups in total. The van der Waals surface area contributed by atoms with E-state index in [1.807, 2.05) is 24.4 Å². The molecule has 0 aromatic heterocycles. The van der Waals surface area contributed by atoms with E-state index in [0.29, 0.717) is 0 Å². The number of aliphatic imine (C=N–C) groups is 1. The molecule has 0 spiro atoms. The van der Waals surface area contributed by atoms with Crippen LogP contribution in [-0.4, -0.2) is 11.3 Å². The first-order chi connectivity index (χ1) is 5.40. The number of aliphatic hydroxyl groups is 1. The first-order valence-corrected chi connectivity index (χ1v) is 3.62. The summed E-state index contributed by atoms with van der Waals surface area (Å²) in [7, 11) is 0. The minimum atomic E-state index is 0.112. The third-order valence-electron chi connectivity index (χ3n) is 1.88. The zero-order chi connectivity index (χ0) is 7.68. The Hall–Kier alpha value is -1.15. The fourth-order valence-electron chi connectivity index (χ4n) is 1.25. The van der Waals surface area contributed by atoms with E-state index in [1.54, 1.807) is 0 Å². The predicted molar refractivity (Wildman–Crippen MR) is 43.7 cm³/mol. The average molecular weight is 147 g/mol. The van der Waals surface area contributed by atoms with Crippen molar-refractivity contribution < 1.29 is 5.11 Å². The Morgan fingerprint density at radius 3 is 3.18 bits per heavy atom. The molecule has 0 bridgehead atoms. The number of hydrogen-bond donors (Lipinski definition) is 1. The van der Waals surface area contributed by atoms with Gasteiger partial charge in [0.1, 0.15) is 0 Å². The Labute approximate surface area is 65.2 Å². The van der Waals surface area contributed by atoms with Crippen LogP contribution in [0, 0.1) is 0 Å². The minimum Gasteiger partial charge on any atom is -0.392 e. The summed E-state index contributed by atoms with van der Waals surface area (Å²) in [4.78, 5) is 4.12. The standard InChI is InChI=1S/C9H9NO/c11-6-7-1-2-8-4-10-5-9(8)3-7/h1-3,5,11H,4,6H2. The van der Waals surface area contributed by atoms with Gasteiger partial charge in [0.2, 0.25) is 0 Å². The van der Waals surface area contributed by atoms with Crippen LogP contribution in [-0.2, 0) is 13.2 Å². The molecular formula is C9H9NO. The van der Waals surface area contributed by atoms with Crippen molar-refractivity contribution in [3.05, 3.63) is 34.9 Å². The normalized spacial score (nSPS) is 13.5. The average Bonchev–Trinajstić information content (AvgIpc) is 2.50. The van der Waals surface area contributed by atoms with Crippen molar-refractivity contribution in [2.24, 2.45) is 4.99 Å². The maximum absolute atomic E-state index is 8.82. The van der Waals surface area contributed by atoms with Gasteiger partial charge in [-0.15, -0.1) is 0 Å². The van der Waals surface area contributed by atoms with Gasteiger partial charge in [-0.3, -0.25) is 4.99 Å². The van der Waals surface area contributed by atoms with Crippen LogP contribution in [0.2, 0.25) is 0 Å². The summed E-state index contributed by atoms with van der Waals surface area (Å²) in [5.41, 5.74) is 3.36. The molecule has 0 saturated carbocycles. The van der Waals surface area contributed by atoms with E-state index >= 15 is 0 Å². The van der Waals surface area contributed by atoms with E-state index in [0.717, 1.165) is 17.7 Å². The maximum Gasteiger partial charge on any atom is 0.0682 e. The third-order valence-corrected chi connectivity index (χ3v) is 1.88. The van der Waals surface area contributed by atoms with Gasteiger partial charge in [-0.1, -0.05) is 12.1 Å². The lowest BCUT2D eigenvalue weighted by Gasteiger charge is -1.98. The summed E-state index contributed by atoms with van der Waals surface area (Å²) in [5.74, 6) is 0. The minimum absolute atomic E-state index is 0.112. The lowest BCUT2D eigenvalue weighted by Crippen LogP contribution is -1.88. The van der Waals surface area contributed by atoms with Crippen LogP contribution in [0.15, 0.2) is 23.2 Å². The van der Waals surface area contributed by atoms with Crippen LogP contribution in [0.1, 0.15) is 16.7 Å². The molecule has 1 aliphatic heterocycles. The van der Waals surface area contributed by atoms with Crippen LogP contribution in [0.25, 0.3) is 0 Å². The van der Waals surface area contributed by atoms with Crippen molar-refractivity contribution in [3.63, 3.8) is 0 Å². The summed E-state index contributed by atoms with van der Waals surface area (Å²) in [6.07, 6.45) is 1.86. The molecule has 0 amide bonds. The zero-order valence-corrected chi connectivity index (χ0v) is 6.12. The van der Waals surface area contributed by atoms with Crippen molar-refractivity contribution in [3.8, 4) is 0 Å². The Morgan fingerprint density at radius 2 is 2.36 bits per heavy atom. The van der Waals surface area contributed by atoms with Crippen LogP contribution in [0.4, 0.5) is 0 Å². The SMILES string of the molecule is OCc1ccc2c(c1)C=NC2. The highest BCUT2D eigenvalue weighted by atomic mass is 16.3. The molecule has 11 heavy (non-hydrogen) atoms. The van der Waals surface area contributed by atoms with Gasteiger partial charge < -0.3 is 5.11 Å². The molecule has 2 heteroatoms. The van der Waals surface area contributed by atoms with Crippen molar-refractivity contribution in [2.75, 3.05) is 0 Å². The van der Waals surface area contributed by atoms with E-state index in [1.165, 1.54) is 5.56 Å². The van der Waals surface area contributed by atoms with Crippen molar-refractivity contribution >= 4 is 6.21 Å². The Balaban J connectivity index is 2.47. The summed E-state index contributed by atoms with van der Waals surface area (Å²) in [5, 5.41) is 8.82. The monoisotopic (exact) mass is 147 g/mol. The number of benzene rings is 1. The Bertz CT molecular complexity index is 304. The van der Waals surface area contributed by atoms with Gasteiger partial charge >= 0.3 is 0 Å². The summed E-state index contributed by atoms with van der Waals surface area (Å²) in [6.45, 7) is 0.905. The fraction of sp³-hybridized carbons (Fsp3) is 0.222. The first-order valence-electron chi connectivity index (χ1n) is 3.62.